The van der Waals surface area contributed by atoms with E-state index in [-0.39, 0.29) is 24.5 Å². The summed E-state index contributed by atoms with van der Waals surface area (Å²) in [6.07, 6.45) is 0. The fourth-order valence-corrected chi connectivity index (χ4v) is 3.80. The first-order chi connectivity index (χ1) is 15.0. The lowest BCUT2D eigenvalue weighted by molar-refractivity contribution is -0.140. The third kappa shape index (κ3) is 3.82. The van der Waals surface area contributed by atoms with Crippen LogP contribution in [0.1, 0.15) is 17.2 Å². The summed E-state index contributed by atoms with van der Waals surface area (Å²) in [5, 5.41) is 11.1. The maximum Gasteiger partial charge on any atom is 0.295 e. The number of methoxy groups -OCH3 is 2. The SMILES string of the molecule is COCCN1C(=O)C(=O)/C(=C(\O)c2cccc(OC)c2)C1c1ccc2c(c1)OCCO2. The fourth-order valence-electron chi connectivity index (χ4n) is 3.80. The summed E-state index contributed by atoms with van der Waals surface area (Å²) in [5.74, 6) is -0.0672. The average molecular weight is 425 g/mol. The van der Waals surface area contributed by atoms with Crippen molar-refractivity contribution in [3.63, 3.8) is 0 Å². The Kier molecular flexibility index (Phi) is 5.81. The number of hydrogen-bond donors (Lipinski definition) is 1. The van der Waals surface area contributed by atoms with Gasteiger partial charge in [0, 0.05) is 19.2 Å². The van der Waals surface area contributed by atoms with Gasteiger partial charge in [-0.25, -0.2) is 0 Å². The van der Waals surface area contributed by atoms with Crippen LogP contribution in [-0.4, -0.2) is 62.3 Å². The highest BCUT2D eigenvalue weighted by molar-refractivity contribution is 6.46. The number of aliphatic hydroxyl groups excluding tert-OH is 1. The van der Waals surface area contributed by atoms with Crippen molar-refractivity contribution in [1.29, 1.82) is 0 Å². The first-order valence-corrected chi connectivity index (χ1v) is 9.86. The highest BCUT2D eigenvalue weighted by Crippen LogP contribution is 2.42. The number of hydrogen-bond acceptors (Lipinski definition) is 7. The van der Waals surface area contributed by atoms with Crippen LogP contribution in [0.15, 0.2) is 48.0 Å². The van der Waals surface area contributed by atoms with E-state index in [2.05, 4.69) is 0 Å². The predicted octanol–water partition coefficient (Wildman–Crippen LogP) is 2.53. The Bertz CT molecular complexity index is 1050. The Morgan fingerprint density at radius 2 is 1.87 bits per heavy atom. The molecular formula is C23H23NO7. The topological polar surface area (TPSA) is 94.5 Å². The number of rotatable bonds is 6. The Hall–Kier alpha value is -3.52. The van der Waals surface area contributed by atoms with E-state index in [1.807, 2.05) is 0 Å². The van der Waals surface area contributed by atoms with Crippen LogP contribution in [0.5, 0.6) is 17.2 Å². The molecule has 8 heteroatoms. The summed E-state index contributed by atoms with van der Waals surface area (Å²) in [5.41, 5.74) is 1.02. The smallest absolute Gasteiger partial charge is 0.295 e. The highest BCUT2D eigenvalue weighted by atomic mass is 16.6. The molecule has 31 heavy (non-hydrogen) atoms. The van der Waals surface area contributed by atoms with Crippen LogP contribution >= 0.6 is 0 Å². The molecular weight excluding hydrogens is 402 g/mol. The molecule has 2 aliphatic heterocycles. The molecule has 1 saturated heterocycles. The second-order valence-electron chi connectivity index (χ2n) is 7.12. The number of fused-ring (bicyclic) bond motifs is 1. The number of carbonyl (C=O) groups is 2. The Balaban J connectivity index is 1.85. The summed E-state index contributed by atoms with van der Waals surface area (Å²) in [4.78, 5) is 27.2. The van der Waals surface area contributed by atoms with Gasteiger partial charge in [-0.3, -0.25) is 9.59 Å². The van der Waals surface area contributed by atoms with Crippen molar-refractivity contribution in [2.75, 3.05) is 40.6 Å². The van der Waals surface area contributed by atoms with Gasteiger partial charge in [0.15, 0.2) is 11.5 Å². The van der Waals surface area contributed by atoms with E-state index in [1.54, 1.807) is 42.5 Å². The molecule has 8 nitrogen and oxygen atoms in total. The molecule has 1 unspecified atom stereocenters. The van der Waals surface area contributed by atoms with Crippen LogP contribution < -0.4 is 14.2 Å². The lowest BCUT2D eigenvalue weighted by Gasteiger charge is -2.26. The van der Waals surface area contributed by atoms with Gasteiger partial charge in [0.25, 0.3) is 11.7 Å². The number of nitrogens with zero attached hydrogens (tertiary/aromatic N) is 1. The first kappa shape index (κ1) is 20.7. The summed E-state index contributed by atoms with van der Waals surface area (Å²) in [7, 11) is 3.03. The molecule has 1 fully saturated rings. The van der Waals surface area contributed by atoms with Crippen LogP contribution in [0, 0.1) is 0 Å². The number of ether oxygens (including phenoxy) is 4. The second kappa shape index (κ2) is 8.69. The van der Waals surface area contributed by atoms with Gasteiger partial charge in [0.1, 0.15) is 24.7 Å². The molecule has 4 rings (SSSR count). The van der Waals surface area contributed by atoms with Gasteiger partial charge in [0.05, 0.1) is 25.3 Å². The Labute approximate surface area is 179 Å². The van der Waals surface area contributed by atoms with E-state index in [9.17, 15) is 14.7 Å². The van der Waals surface area contributed by atoms with Gasteiger partial charge < -0.3 is 29.0 Å². The zero-order valence-electron chi connectivity index (χ0n) is 17.3. The van der Waals surface area contributed by atoms with Gasteiger partial charge in [-0.15, -0.1) is 0 Å². The Morgan fingerprint density at radius 1 is 1.10 bits per heavy atom. The largest absolute Gasteiger partial charge is 0.507 e. The molecule has 2 aromatic carbocycles. The molecule has 1 atom stereocenters. The second-order valence-corrected chi connectivity index (χ2v) is 7.12. The lowest BCUT2D eigenvalue weighted by atomic mass is 9.95. The molecule has 2 aromatic rings. The van der Waals surface area contributed by atoms with E-state index < -0.39 is 17.7 Å². The fraction of sp³-hybridized carbons (Fsp3) is 0.304. The average Bonchev–Trinajstić information content (AvgIpc) is 3.06. The molecule has 0 aromatic heterocycles. The van der Waals surface area contributed by atoms with Crippen molar-refractivity contribution in [2.24, 2.45) is 0 Å². The molecule has 0 radical (unpaired) electrons. The van der Waals surface area contributed by atoms with Gasteiger partial charge in [-0.05, 0) is 29.8 Å². The molecule has 2 aliphatic rings. The summed E-state index contributed by atoms with van der Waals surface area (Å²) in [6.45, 7) is 1.29. The van der Waals surface area contributed by atoms with Crippen LogP contribution in [0.2, 0.25) is 0 Å². The van der Waals surface area contributed by atoms with Crippen molar-refractivity contribution in [3.05, 3.63) is 59.2 Å². The molecule has 2 heterocycles. The van der Waals surface area contributed by atoms with E-state index in [0.29, 0.717) is 41.6 Å². The number of ketones is 1. The highest BCUT2D eigenvalue weighted by Gasteiger charge is 2.46. The molecule has 0 bridgehead atoms. The third-order valence-electron chi connectivity index (χ3n) is 5.30. The molecule has 0 saturated carbocycles. The number of Topliss-reactive ketones (excluding diaryl/α,β-unsaturated/α-hetero) is 1. The monoisotopic (exact) mass is 425 g/mol. The van der Waals surface area contributed by atoms with E-state index in [4.69, 9.17) is 18.9 Å². The predicted molar refractivity (Wildman–Crippen MR) is 111 cm³/mol. The normalized spacial score (nSPS) is 19.5. The van der Waals surface area contributed by atoms with Gasteiger partial charge >= 0.3 is 0 Å². The van der Waals surface area contributed by atoms with Crippen LogP contribution in [0.25, 0.3) is 5.76 Å². The van der Waals surface area contributed by atoms with Crippen LogP contribution in [-0.2, 0) is 14.3 Å². The summed E-state index contributed by atoms with van der Waals surface area (Å²) >= 11 is 0. The van der Waals surface area contributed by atoms with Crippen LogP contribution in [0.4, 0.5) is 0 Å². The van der Waals surface area contributed by atoms with E-state index in [0.717, 1.165) is 0 Å². The minimum atomic E-state index is -0.794. The van der Waals surface area contributed by atoms with E-state index in [1.165, 1.54) is 19.1 Å². The molecule has 1 amide bonds. The van der Waals surface area contributed by atoms with Crippen molar-refractivity contribution < 1.29 is 33.6 Å². The quantitative estimate of drug-likeness (QED) is 0.432. The van der Waals surface area contributed by atoms with Gasteiger partial charge in [-0.1, -0.05) is 18.2 Å². The molecule has 0 spiro atoms. The molecule has 0 aliphatic carbocycles. The first-order valence-electron chi connectivity index (χ1n) is 9.86. The molecule has 1 N–H and O–H groups in total. The summed E-state index contributed by atoms with van der Waals surface area (Å²) in [6, 6.07) is 11.1. The van der Waals surface area contributed by atoms with Crippen molar-refractivity contribution in [3.8, 4) is 17.2 Å². The molecule has 162 valence electrons. The maximum absolute atomic E-state index is 13.0. The van der Waals surface area contributed by atoms with Crippen LogP contribution in [0.3, 0.4) is 0 Å². The minimum absolute atomic E-state index is 0.00559. The number of likely N-dealkylation sites (tertiary alicyclic amines) is 1. The number of aliphatic hydroxyl groups is 1. The van der Waals surface area contributed by atoms with Crippen molar-refractivity contribution >= 4 is 17.4 Å². The summed E-state index contributed by atoms with van der Waals surface area (Å²) < 4.78 is 21.6. The zero-order chi connectivity index (χ0) is 22.0. The van der Waals surface area contributed by atoms with Gasteiger partial charge in [-0.2, -0.15) is 0 Å². The minimum Gasteiger partial charge on any atom is -0.507 e. The third-order valence-corrected chi connectivity index (χ3v) is 5.30. The number of carbonyl (C=O) groups excluding carboxylic acids is 2. The zero-order valence-corrected chi connectivity index (χ0v) is 17.3. The lowest BCUT2D eigenvalue weighted by Crippen LogP contribution is -2.32. The standard InChI is InChI=1S/C23H23NO7/c1-28-9-8-24-20(14-6-7-17-18(13-14)31-11-10-30-17)19(22(26)23(24)27)21(25)15-4-3-5-16(12-15)29-2/h3-7,12-13,20,25H,8-11H2,1-2H3/b21-19-. The van der Waals surface area contributed by atoms with E-state index >= 15 is 0 Å². The van der Waals surface area contributed by atoms with Crippen molar-refractivity contribution in [2.45, 2.75) is 6.04 Å². The number of amides is 1. The van der Waals surface area contributed by atoms with Crippen molar-refractivity contribution in [1.82, 2.24) is 4.90 Å². The Morgan fingerprint density at radius 3 is 2.61 bits per heavy atom. The maximum atomic E-state index is 13.0. The number of benzene rings is 2. The van der Waals surface area contributed by atoms with Gasteiger partial charge in [0.2, 0.25) is 0 Å².